The second kappa shape index (κ2) is 5.36. The van der Waals surface area contributed by atoms with Gasteiger partial charge in [0.15, 0.2) is 0 Å². The van der Waals surface area contributed by atoms with Crippen LogP contribution >= 0.6 is 0 Å². The summed E-state index contributed by atoms with van der Waals surface area (Å²) >= 11 is 0. The average molecular weight is 122 g/mol. The van der Waals surface area contributed by atoms with Gasteiger partial charge in [-0.05, 0) is 25.8 Å². The number of allylic oxidation sites excluding steroid dienone is 5. The van der Waals surface area contributed by atoms with Crippen molar-refractivity contribution in [2.45, 2.75) is 20.3 Å². The van der Waals surface area contributed by atoms with Crippen molar-refractivity contribution in [1.82, 2.24) is 0 Å². The lowest BCUT2D eigenvalue weighted by Crippen LogP contribution is -1.71. The predicted molar refractivity (Wildman–Crippen MR) is 43.4 cm³/mol. The minimum atomic E-state index is 0.973. The second-order valence-corrected chi connectivity index (χ2v) is 1.86. The molecule has 0 nitrogen and oxygen atoms in total. The van der Waals surface area contributed by atoms with E-state index in [2.05, 4.69) is 18.7 Å². The molecule has 0 N–H and O–H groups in total. The van der Waals surface area contributed by atoms with Crippen molar-refractivity contribution < 1.29 is 0 Å². The zero-order valence-corrected chi connectivity index (χ0v) is 6.22. The minimum Gasteiger partial charge on any atom is -0.103 e. The molecule has 0 heterocycles. The van der Waals surface area contributed by atoms with Crippen LogP contribution < -0.4 is 0 Å². The third-order valence-corrected chi connectivity index (χ3v) is 1.13. The fraction of sp³-hybridized carbons (Fsp3) is 0.333. The Balaban J connectivity index is 3.84. The Morgan fingerprint density at radius 2 is 2.11 bits per heavy atom. The summed E-state index contributed by atoms with van der Waals surface area (Å²) in [5, 5.41) is 0. The summed E-state index contributed by atoms with van der Waals surface area (Å²) in [6, 6.07) is 0. The van der Waals surface area contributed by atoms with Crippen LogP contribution in [0.15, 0.2) is 36.5 Å². The molecule has 0 saturated heterocycles. The zero-order chi connectivity index (χ0) is 7.11. The number of hydrogen-bond acceptors (Lipinski definition) is 0. The molecule has 0 aromatic rings. The summed E-state index contributed by atoms with van der Waals surface area (Å²) in [5.41, 5.74) is 1.33. The normalized spacial score (nSPS) is 12.4. The monoisotopic (exact) mass is 122 g/mol. The summed E-state index contributed by atoms with van der Waals surface area (Å²) in [6.07, 6.45) is 9.12. The van der Waals surface area contributed by atoms with Crippen molar-refractivity contribution in [3.05, 3.63) is 36.5 Å². The third-order valence-electron chi connectivity index (χ3n) is 1.13. The molecular weight excluding hydrogens is 108 g/mol. The van der Waals surface area contributed by atoms with Gasteiger partial charge in [-0.2, -0.15) is 0 Å². The van der Waals surface area contributed by atoms with Crippen molar-refractivity contribution in [3.63, 3.8) is 0 Å². The fourth-order valence-corrected chi connectivity index (χ4v) is 0.663. The van der Waals surface area contributed by atoms with Crippen LogP contribution in [0.25, 0.3) is 0 Å². The summed E-state index contributed by atoms with van der Waals surface area (Å²) < 4.78 is 0. The van der Waals surface area contributed by atoms with Gasteiger partial charge in [-0.15, -0.1) is 6.58 Å². The van der Waals surface area contributed by atoms with E-state index in [-0.39, 0.29) is 0 Å². The first-order valence-corrected chi connectivity index (χ1v) is 3.24. The quantitative estimate of drug-likeness (QED) is 0.398. The van der Waals surface area contributed by atoms with E-state index in [9.17, 15) is 0 Å². The molecular formula is C9H14. The molecule has 0 atom stereocenters. The van der Waals surface area contributed by atoms with Gasteiger partial charge >= 0.3 is 0 Å². The highest BCUT2D eigenvalue weighted by Crippen LogP contribution is 2.02. The molecule has 9 heavy (non-hydrogen) atoms. The van der Waals surface area contributed by atoms with Crippen molar-refractivity contribution in [1.29, 1.82) is 0 Å². The molecule has 0 amide bonds. The lowest BCUT2D eigenvalue weighted by atomic mass is 10.2. The Morgan fingerprint density at radius 3 is 2.44 bits per heavy atom. The van der Waals surface area contributed by atoms with Gasteiger partial charge in [-0.25, -0.2) is 0 Å². The van der Waals surface area contributed by atoms with E-state index < -0.39 is 0 Å². The Bertz CT molecular complexity index is 127. The van der Waals surface area contributed by atoms with Crippen LogP contribution in [0.4, 0.5) is 0 Å². The SMILES string of the molecule is C=CCC(/C=C\C)=C/C. The zero-order valence-electron chi connectivity index (χ0n) is 6.22. The van der Waals surface area contributed by atoms with Crippen LogP contribution in [0.3, 0.4) is 0 Å². The molecule has 0 aliphatic heterocycles. The van der Waals surface area contributed by atoms with Crippen LogP contribution in [0.1, 0.15) is 20.3 Å². The molecule has 0 rings (SSSR count). The molecule has 50 valence electrons. The molecule has 0 spiro atoms. The Kier molecular flexibility index (Phi) is 4.89. The average Bonchev–Trinajstić information content (AvgIpc) is 1.88. The molecule has 0 aliphatic carbocycles. The first kappa shape index (κ1) is 8.22. The topological polar surface area (TPSA) is 0 Å². The van der Waals surface area contributed by atoms with Crippen molar-refractivity contribution in [3.8, 4) is 0 Å². The molecule has 0 heteroatoms. The van der Waals surface area contributed by atoms with E-state index >= 15 is 0 Å². The molecule has 0 fully saturated rings. The predicted octanol–water partition coefficient (Wildman–Crippen LogP) is 3.08. The Morgan fingerprint density at radius 1 is 1.44 bits per heavy atom. The lowest BCUT2D eigenvalue weighted by molar-refractivity contribution is 1.27. The largest absolute Gasteiger partial charge is 0.103 e. The van der Waals surface area contributed by atoms with Gasteiger partial charge in [0.2, 0.25) is 0 Å². The van der Waals surface area contributed by atoms with Gasteiger partial charge in [-0.3, -0.25) is 0 Å². The van der Waals surface area contributed by atoms with Gasteiger partial charge < -0.3 is 0 Å². The van der Waals surface area contributed by atoms with E-state index in [1.54, 1.807) is 0 Å². The maximum absolute atomic E-state index is 3.66. The molecule has 0 bridgehead atoms. The highest BCUT2D eigenvalue weighted by atomic mass is 13.9. The molecule has 0 aromatic carbocycles. The van der Waals surface area contributed by atoms with Gasteiger partial charge in [0.05, 0.1) is 0 Å². The maximum Gasteiger partial charge on any atom is -0.0104 e. The first-order chi connectivity index (χ1) is 4.35. The van der Waals surface area contributed by atoms with E-state index in [4.69, 9.17) is 0 Å². The summed E-state index contributed by atoms with van der Waals surface area (Å²) in [4.78, 5) is 0. The standard InChI is InChI=1S/C9H14/c1-4-7-9(6-3)8-5-2/h4-6,8H,1,7H2,2-3H3/b8-5-,9-6-. The minimum absolute atomic E-state index is 0.973. The van der Waals surface area contributed by atoms with E-state index in [1.165, 1.54) is 5.57 Å². The maximum atomic E-state index is 3.66. The summed E-state index contributed by atoms with van der Waals surface area (Å²) in [7, 11) is 0. The number of hydrogen-bond donors (Lipinski definition) is 0. The number of rotatable bonds is 3. The highest BCUT2D eigenvalue weighted by Gasteiger charge is 1.81. The van der Waals surface area contributed by atoms with Crippen LogP contribution in [0.2, 0.25) is 0 Å². The van der Waals surface area contributed by atoms with Crippen molar-refractivity contribution in [2.75, 3.05) is 0 Å². The van der Waals surface area contributed by atoms with Gasteiger partial charge in [0.25, 0.3) is 0 Å². The van der Waals surface area contributed by atoms with Gasteiger partial charge in [-0.1, -0.05) is 24.3 Å². The fourth-order valence-electron chi connectivity index (χ4n) is 0.663. The van der Waals surface area contributed by atoms with Crippen LogP contribution in [-0.4, -0.2) is 0 Å². The van der Waals surface area contributed by atoms with E-state index in [1.807, 2.05) is 26.0 Å². The van der Waals surface area contributed by atoms with E-state index in [0.29, 0.717) is 0 Å². The molecule has 0 aromatic heterocycles. The van der Waals surface area contributed by atoms with Crippen molar-refractivity contribution in [2.24, 2.45) is 0 Å². The first-order valence-electron chi connectivity index (χ1n) is 3.24. The Labute approximate surface area is 57.6 Å². The molecule has 0 saturated carbocycles. The molecule has 0 aliphatic rings. The van der Waals surface area contributed by atoms with Gasteiger partial charge in [0, 0.05) is 0 Å². The van der Waals surface area contributed by atoms with Crippen molar-refractivity contribution >= 4 is 0 Å². The highest BCUT2D eigenvalue weighted by molar-refractivity contribution is 5.19. The lowest BCUT2D eigenvalue weighted by Gasteiger charge is -1.91. The van der Waals surface area contributed by atoms with Crippen LogP contribution in [-0.2, 0) is 0 Å². The second-order valence-electron chi connectivity index (χ2n) is 1.86. The Hall–Kier alpha value is -0.780. The molecule has 0 radical (unpaired) electrons. The molecule has 0 unspecified atom stereocenters. The third kappa shape index (κ3) is 3.77. The van der Waals surface area contributed by atoms with Crippen LogP contribution in [0.5, 0.6) is 0 Å². The summed E-state index contributed by atoms with van der Waals surface area (Å²) in [5.74, 6) is 0. The van der Waals surface area contributed by atoms with Gasteiger partial charge in [0.1, 0.15) is 0 Å². The smallest absolute Gasteiger partial charge is 0.0104 e. The van der Waals surface area contributed by atoms with E-state index in [0.717, 1.165) is 6.42 Å². The van der Waals surface area contributed by atoms with Crippen LogP contribution in [0, 0.1) is 0 Å². The summed E-state index contributed by atoms with van der Waals surface area (Å²) in [6.45, 7) is 7.72.